The second-order valence-electron chi connectivity index (χ2n) is 8.38. The van der Waals surface area contributed by atoms with Gasteiger partial charge < -0.3 is 21.3 Å². The minimum absolute atomic E-state index is 0.121. The summed E-state index contributed by atoms with van der Waals surface area (Å²) in [6.45, 7) is 3.35. The van der Waals surface area contributed by atoms with Crippen LogP contribution in [0.25, 0.3) is 0 Å². The molecule has 3 atom stereocenters. The molecule has 1 saturated carbocycles. The van der Waals surface area contributed by atoms with Gasteiger partial charge in [0.05, 0.1) is 18.6 Å². The third-order valence-corrected chi connectivity index (χ3v) is 6.19. The van der Waals surface area contributed by atoms with Crippen molar-refractivity contribution < 1.29 is 22.8 Å². The summed E-state index contributed by atoms with van der Waals surface area (Å²) in [6, 6.07) is -0.768. The van der Waals surface area contributed by atoms with Gasteiger partial charge in [-0.2, -0.15) is 13.2 Å². The Balaban J connectivity index is 1.64. The maximum absolute atomic E-state index is 12.9. The van der Waals surface area contributed by atoms with E-state index in [0.29, 0.717) is 11.5 Å². The summed E-state index contributed by atoms with van der Waals surface area (Å²) in [5.74, 6) is 0.700. The van der Waals surface area contributed by atoms with Crippen molar-refractivity contribution in [1.29, 1.82) is 0 Å². The molecule has 2 heterocycles. The molecule has 1 aliphatic heterocycles. The van der Waals surface area contributed by atoms with Gasteiger partial charge in [-0.3, -0.25) is 4.79 Å². The molecule has 1 saturated heterocycles. The highest BCUT2D eigenvalue weighted by molar-refractivity contribution is 5.94. The maximum atomic E-state index is 12.9. The summed E-state index contributed by atoms with van der Waals surface area (Å²) in [7, 11) is 0. The van der Waals surface area contributed by atoms with Crippen molar-refractivity contribution >= 4 is 17.8 Å². The number of nitrogens with two attached hydrogens (primary N) is 1. The molecule has 10 heteroatoms. The number of hydrogen-bond donors (Lipinski definition) is 3. The van der Waals surface area contributed by atoms with Crippen LogP contribution in [0.2, 0.25) is 0 Å². The molecule has 4 N–H and O–H groups in total. The number of hydrogen-bond acceptors (Lipinski definition) is 4. The largest absolute Gasteiger partial charge is 0.410 e. The summed E-state index contributed by atoms with van der Waals surface area (Å²) in [4.78, 5) is 29.8. The normalized spacial score (nSPS) is 26.8. The molecule has 0 bridgehead atoms. The lowest BCUT2D eigenvalue weighted by Crippen LogP contribution is -2.43. The van der Waals surface area contributed by atoms with Gasteiger partial charge in [-0.15, -0.1) is 0 Å². The van der Waals surface area contributed by atoms with Crippen molar-refractivity contribution in [3.05, 3.63) is 23.9 Å². The van der Waals surface area contributed by atoms with Crippen LogP contribution in [-0.4, -0.2) is 46.6 Å². The standard InChI is InChI=1S/C20H28F3N5O2/c1-11-3-5-13(6-4-11)17(24)18(29)27-16-9-14(7-8-25-16)12(2)28-10-15(20(21,22)23)26-19(28)30/h7-9,11-13,15,17H,3-6,10,24H2,1-2H3,(H,26,30)(H,25,27,29)/t11?,12-,13?,15+,17+/m1/s1. The molecule has 166 valence electrons. The van der Waals surface area contributed by atoms with E-state index in [2.05, 4.69) is 17.2 Å². The summed E-state index contributed by atoms with van der Waals surface area (Å²) in [5.41, 5.74) is 6.72. The van der Waals surface area contributed by atoms with Crippen LogP contribution in [0, 0.1) is 11.8 Å². The van der Waals surface area contributed by atoms with E-state index < -0.39 is 36.9 Å². The number of nitrogens with one attached hydrogen (secondary N) is 2. The lowest BCUT2D eigenvalue weighted by Gasteiger charge is -2.29. The van der Waals surface area contributed by atoms with Crippen molar-refractivity contribution in [3.63, 3.8) is 0 Å². The molecule has 0 aromatic carbocycles. The van der Waals surface area contributed by atoms with Gasteiger partial charge >= 0.3 is 12.2 Å². The maximum Gasteiger partial charge on any atom is 0.410 e. The number of aromatic nitrogens is 1. The van der Waals surface area contributed by atoms with E-state index in [1.807, 2.05) is 5.32 Å². The van der Waals surface area contributed by atoms with Gasteiger partial charge in [0.25, 0.3) is 0 Å². The number of halogens is 3. The van der Waals surface area contributed by atoms with Crippen LogP contribution < -0.4 is 16.4 Å². The minimum atomic E-state index is -4.51. The molecule has 0 unspecified atom stereocenters. The Labute approximate surface area is 173 Å². The molecular formula is C20H28F3N5O2. The number of carbonyl (C=O) groups is 2. The Morgan fingerprint density at radius 3 is 2.60 bits per heavy atom. The number of nitrogens with zero attached hydrogens (tertiary/aromatic N) is 2. The number of alkyl halides is 3. The highest BCUT2D eigenvalue weighted by atomic mass is 19.4. The van der Waals surface area contributed by atoms with Crippen LogP contribution in [0.15, 0.2) is 18.3 Å². The fraction of sp³-hybridized carbons (Fsp3) is 0.650. The smallest absolute Gasteiger partial charge is 0.324 e. The van der Waals surface area contributed by atoms with Crippen molar-refractivity contribution in [2.75, 3.05) is 11.9 Å². The first-order chi connectivity index (χ1) is 14.1. The van der Waals surface area contributed by atoms with E-state index in [4.69, 9.17) is 5.73 Å². The lowest BCUT2D eigenvalue weighted by molar-refractivity contribution is -0.150. The zero-order chi connectivity index (χ0) is 22.1. The first-order valence-corrected chi connectivity index (χ1v) is 10.2. The summed E-state index contributed by atoms with van der Waals surface area (Å²) >= 11 is 0. The molecule has 30 heavy (non-hydrogen) atoms. The zero-order valence-electron chi connectivity index (χ0n) is 17.1. The van der Waals surface area contributed by atoms with E-state index in [0.717, 1.165) is 30.6 Å². The second kappa shape index (κ2) is 8.79. The van der Waals surface area contributed by atoms with Gasteiger partial charge in [0.1, 0.15) is 11.9 Å². The van der Waals surface area contributed by atoms with Crippen molar-refractivity contribution in [2.24, 2.45) is 17.6 Å². The van der Waals surface area contributed by atoms with E-state index in [1.54, 1.807) is 19.1 Å². The number of amides is 3. The Bertz CT molecular complexity index is 780. The zero-order valence-corrected chi connectivity index (χ0v) is 17.1. The van der Waals surface area contributed by atoms with Crippen molar-refractivity contribution in [1.82, 2.24) is 15.2 Å². The molecule has 1 aliphatic carbocycles. The average Bonchev–Trinajstić information content (AvgIpc) is 3.10. The van der Waals surface area contributed by atoms with Crippen LogP contribution in [0.5, 0.6) is 0 Å². The molecule has 2 fully saturated rings. The molecule has 1 aromatic rings. The van der Waals surface area contributed by atoms with Gasteiger partial charge in [0.2, 0.25) is 5.91 Å². The predicted octanol–water partition coefficient (Wildman–Crippen LogP) is 3.19. The minimum Gasteiger partial charge on any atom is -0.324 e. The Kier molecular flexibility index (Phi) is 6.54. The molecule has 2 aliphatic rings. The predicted molar refractivity (Wildman–Crippen MR) is 105 cm³/mol. The van der Waals surface area contributed by atoms with Crippen molar-refractivity contribution in [2.45, 2.75) is 63.8 Å². The SMILES string of the molecule is CC1CCC([C@H](N)C(=O)Nc2cc([C@@H](C)N3C[C@@H](C(F)(F)F)NC3=O)ccn2)CC1. The number of urea groups is 1. The van der Waals surface area contributed by atoms with E-state index in [-0.39, 0.29) is 17.6 Å². The monoisotopic (exact) mass is 427 g/mol. The van der Waals surface area contributed by atoms with E-state index >= 15 is 0 Å². The number of carbonyl (C=O) groups excluding carboxylic acids is 2. The average molecular weight is 427 g/mol. The first kappa shape index (κ1) is 22.3. The van der Waals surface area contributed by atoms with Gasteiger partial charge in [-0.1, -0.05) is 19.8 Å². The highest BCUT2D eigenvalue weighted by Crippen LogP contribution is 2.31. The van der Waals surface area contributed by atoms with Crippen LogP contribution >= 0.6 is 0 Å². The van der Waals surface area contributed by atoms with Crippen LogP contribution in [0.1, 0.15) is 51.1 Å². The van der Waals surface area contributed by atoms with Gasteiger partial charge in [-0.25, -0.2) is 9.78 Å². The fourth-order valence-electron chi connectivity index (χ4n) is 4.10. The lowest BCUT2D eigenvalue weighted by atomic mass is 9.79. The third-order valence-electron chi connectivity index (χ3n) is 6.19. The number of rotatable bonds is 5. The molecule has 0 spiro atoms. The Morgan fingerprint density at radius 1 is 1.33 bits per heavy atom. The molecule has 3 amide bonds. The van der Waals surface area contributed by atoms with Gasteiger partial charge in [0, 0.05) is 6.20 Å². The fourth-order valence-corrected chi connectivity index (χ4v) is 4.10. The molecule has 0 radical (unpaired) electrons. The summed E-state index contributed by atoms with van der Waals surface area (Å²) < 4.78 is 38.8. The molecule has 3 rings (SSSR count). The topological polar surface area (TPSA) is 100 Å². The first-order valence-electron chi connectivity index (χ1n) is 10.2. The third kappa shape index (κ3) is 5.03. The number of anilines is 1. The van der Waals surface area contributed by atoms with E-state index in [1.165, 1.54) is 6.20 Å². The van der Waals surface area contributed by atoms with Crippen molar-refractivity contribution in [3.8, 4) is 0 Å². The molecular weight excluding hydrogens is 399 g/mol. The van der Waals surface area contributed by atoms with Gasteiger partial charge in [-0.05, 0) is 49.3 Å². The second-order valence-corrected chi connectivity index (χ2v) is 8.38. The molecule has 7 nitrogen and oxygen atoms in total. The summed E-state index contributed by atoms with van der Waals surface area (Å²) in [6.07, 6.45) is 0.857. The van der Waals surface area contributed by atoms with Crippen LogP contribution in [0.4, 0.5) is 23.8 Å². The molecule has 1 aromatic heterocycles. The Morgan fingerprint density at radius 2 is 2.00 bits per heavy atom. The van der Waals surface area contributed by atoms with Crippen LogP contribution in [0.3, 0.4) is 0 Å². The van der Waals surface area contributed by atoms with E-state index in [9.17, 15) is 22.8 Å². The highest BCUT2D eigenvalue weighted by Gasteiger charge is 2.48. The number of pyridine rings is 1. The summed E-state index contributed by atoms with van der Waals surface area (Å²) in [5, 5.41) is 4.66. The Hall–Kier alpha value is -2.36. The quantitative estimate of drug-likeness (QED) is 0.672. The van der Waals surface area contributed by atoms with Crippen LogP contribution in [-0.2, 0) is 4.79 Å². The van der Waals surface area contributed by atoms with Gasteiger partial charge in [0.15, 0.2) is 0 Å².